The maximum atomic E-state index is 13.5. The highest BCUT2D eigenvalue weighted by Gasteiger charge is 2.54. The van der Waals surface area contributed by atoms with Gasteiger partial charge in [0.2, 0.25) is 5.91 Å². The Hall–Kier alpha value is -3.55. The van der Waals surface area contributed by atoms with Crippen molar-refractivity contribution in [2.24, 2.45) is 0 Å². The average Bonchev–Trinajstić information content (AvgIpc) is 0.780. The number of allylic oxidation sites excluding steroid dienone is 17. The Kier molecular flexibility index (Phi) is 59.4. The van der Waals surface area contributed by atoms with Crippen molar-refractivity contribution in [3.63, 3.8) is 0 Å². The van der Waals surface area contributed by atoms with E-state index in [4.69, 9.17) is 28.4 Å². The van der Waals surface area contributed by atoms with Crippen molar-refractivity contribution in [3.8, 4) is 0 Å². The van der Waals surface area contributed by atoms with Crippen LogP contribution < -0.4 is 5.32 Å². The van der Waals surface area contributed by atoms with E-state index in [0.717, 1.165) is 96.3 Å². The summed E-state index contributed by atoms with van der Waals surface area (Å²) in [6.07, 6.45) is 63.6. The molecule has 12 N–H and O–H groups in total. The number of rotatable bonds is 65. The molecule has 17 unspecified atom stereocenters. The number of carbonyl (C=O) groups is 1. The molecular weight excluding hydrogens is 1330 g/mol. The topological polar surface area (TPSA) is 307 Å². The van der Waals surface area contributed by atoms with Gasteiger partial charge in [0.1, 0.15) is 73.2 Å². The van der Waals surface area contributed by atoms with Gasteiger partial charge < -0.3 is 89.9 Å². The van der Waals surface area contributed by atoms with Gasteiger partial charge in [-0.3, -0.25) is 4.79 Å². The molecule has 0 aliphatic carbocycles. The predicted octanol–water partition coefficient (Wildman–Crippen LogP) is 14.5. The van der Waals surface area contributed by atoms with Crippen molar-refractivity contribution in [1.29, 1.82) is 0 Å². The van der Waals surface area contributed by atoms with E-state index in [0.29, 0.717) is 12.8 Å². The summed E-state index contributed by atoms with van der Waals surface area (Å²) >= 11 is 0. The summed E-state index contributed by atoms with van der Waals surface area (Å²) in [6, 6.07) is -1.01. The summed E-state index contributed by atoms with van der Waals surface area (Å²) in [4.78, 5) is 13.5. The minimum Gasteiger partial charge on any atom is -0.394 e. The summed E-state index contributed by atoms with van der Waals surface area (Å²) in [6.45, 7) is 1.62. The molecule has 0 spiro atoms. The lowest BCUT2D eigenvalue weighted by Crippen LogP contribution is -2.66. The molecule has 19 heteroatoms. The third kappa shape index (κ3) is 44.8. The molecule has 0 saturated carbocycles. The molecule has 0 radical (unpaired) electrons. The number of aliphatic hydroxyl groups excluding tert-OH is 11. The Morgan fingerprint density at radius 1 is 0.352 bits per heavy atom. The van der Waals surface area contributed by atoms with E-state index < -0.39 is 124 Å². The van der Waals surface area contributed by atoms with Crippen LogP contribution in [0.2, 0.25) is 0 Å². The lowest BCUT2D eigenvalue weighted by atomic mass is 9.96. The van der Waals surface area contributed by atoms with Crippen LogP contribution in [-0.2, 0) is 33.2 Å². The van der Waals surface area contributed by atoms with Crippen molar-refractivity contribution in [1.82, 2.24) is 5.32 Å². The second kappa shape index (κ2) is 65.2. The van der Waals surface area contributed by atoms with Crippen LogP contribution in [0.15, 0.2) is 109 Å². The first-order chi connectivity index (χ1) is 51.3. The summed E-state index contributed by atoms with van der Waals surface area (Å²) < 4.78 is 34.4. The molecule has 0 aromatic carbocycles. The average molecular weight is 1490 g/mol. The van der Waals surface area contributed by atoms with Gasteiger partial charge in [0.05, 0.1) is 38.6 Å². The highest BCUT2D eigenvalue weighted by molar-refractivity contribution is 5.76. The Labute approximate surface area is 634 Å². The summed E-state index contributed by atoms with van der Waals surface area (Å²) in [5, 5.41) is 121. The molecule has 3 aliphatic rings. The molecule has 606 valence electrons. The Balaban J connectivity index is 1.38. The summed E-state index contributed by atoms with van der Waals surface area (Å²) in [5.41, 5.74) is 0. The predicted molar refractivity (Wildman–Crippen MR) is 420 cm³/mol. The molecule has 19 nitrogen and oxygen atoms in total. The number of aliphatic hydroxyl groups is 11. The van der Waals surface area contributed by atoms with Gasteiger partial charge in [0.15, 0.2) is 18.9 Å². The molecule has 3 fully saturated rings. The molecule has 3 saturated heterocycles. The molecule has 0 bridgehead atoms. The second-order valence-corrected chi connectivity index (χ2v) is 29.2. The van der Waals surface area contributed by atoms with E-state index >= 15 is 0 Å². The van der Waals surface area contributed by atoms with Gasteiger partial charge in [-0.25, -0.2) is 0 Å². The van der Waals surface area contributed by atoms with Crippen LogP contribution in [0.5, 0.6) is 0 Å². The molecule has 0 aromatic rings. The maximum absolute atomic E-state index is 13.5. The fraction of sp³-hybridized carbons (Fsp3) is 0.779. The van der Waals surface area contributed by atoms with Gasteiger partial charge in [-0.05, 0) is 96.3 Å². The number of hydrogen-bond acceptors (Lipinski definition) is 18. The van der Waals surface area contributed by atoms with Crippen LogP contribution in [0, 0.1) is 0 Å². The number of carbonyl (C=O) groups excluding carboxylic acids is 1. The first-order valence-electron chi connectivity index (χ1n) is 41.6. The quantitative estimate of drug-likeness (QED) is 0.0199. The molecular formula is C86H149NO18. The summed E-state index contributed by atoms with van der Waals surface area (Å²) in [5.74, 6) is -0.291. The van der Waals surface area contributed by atoms with Gasteiger partial charge in [-0.1, -0.05) is 303 Å². The highest BCUT2D eigenvalue weighted by Crippen LogP contribution is 2.33. The van der Waals surface area contributed by atoms with Gasteiger partial charge >= 0.3 is 0 Å². The largest absolute Gasteiger partial charge is 0.394 e. The van der Waals surface area contributed by atoms with Crippen molar-refractivity contribution < 1.29 is 89.4 Å². The lowest BCUT2D eigenvalue weighted by Gasteiger charge is -2.48. The zero-order valence-corrected chi connectivity index (χ0v) is 64.9. The number of ether oxygens (including phenoxy) is 6. The molecule has 17 atom stereocenters. The molecule has 0 aromatic heterocycles. The van der Waals surface area contributed by atoms with Crippen molar-refractivity contribution in [3.05, 3.63) is 109 Å². The number of amides is 1. The third-order valence-electron chi connectivity index (χ3n) is 20.0. The zero-order valence-electron chi connectivity index (χ0n) is 64.9. The SMILES string of the molecule is CC/C=C\C/C=C\C/C=C\C/C=C\C/C=C\C/C=C\CCCCCCCCCCCCCCCCC(=O)NC(COC1OC(CO)C(OC2OC(CO)C(OC3OC(CO)C(O)C(O)C3O)C(O)C2O)C(O)C1O)C(O)/C=C/CC/C=C/CC/C=C/CCCCCCCCCCCCCCCCCCC. The van der Waals surface area contributed by atoms with Gasteiger partial charge in [0, 0.05) is 6.42 Å². The molecule has 1 amide bonds. The standard InChI is InChI=1S/C86H149NO18/c1-3-5-7-9-11-13-15-17-19-21-23-25-27-29-31-32-33-34-35-36-38-40-42-44-46-48-50-52-54-56-58-60-62-64-74(92)87-69(70(91)63-61-59-57-55-53-51-49-47-45-43-41-39-37-30-28-26-24-22-20-18-16-14-12-10-8-6-4-2)68-100-84-80(98)77(95)82(72(66-89)102-84)105-86-81(99)78(96)83(73(67-90)103-86)104-85-79(97)76(94)75(93)71(65-88)101-85/h5,7,11,13,17,19,23,25,29,31,33-34,45,47,53,55,61,63,69-73,75-86,88-91,93-99H,3-4,6,8-10,12,14-16,18,20-22,24,26-28,30,32,35-44,46,48-52,54,56-60,62,64-68H2,1-2H3,(H,87,92)/b7-5-,13-11-,19-17-,25-23-,31-29-,34-33-,47-45+,55-53+,63-61+. The highest BCUT2D eigenvalue weighted by atomic mass is 16.8. The minimum absolute atomic E-state index is 0.226. The first-order valence-corrected chi connectivity index (χ1v) is 41.6. The normalized spacial score (nSPS) is 26.4. The third-order valence-corrected chi connectivity index (χ3v) is 20.0. The molecule has 105 heavy (non-hydrogen) atoms. The van der Waals surface area contributed by atoms with Crippen LogP contribution in [0.3, 0.4) is 0 Å². The maximum Gasteiger partial charge on any atom is 0.220 e. The van der Waals surface area contributed by atoms with E-state index in [9.17, 15) is 61.0 Å². The van der Waals surface area contributed by atoms with E-state index in [2.05, 4.69) is 116 Å². The van der Waals surface area contributed by atoms with Crippen LogP contribution in [0.1, 0.15) is 296 Å². The van der Waals surface area contributed by atoms with E-state index in [1.807, 2.05) is 6.08 Å². The minimum atomic E-state index is -1.99. The first kappa shape index (κ1) is 95.7. The van der Waals surface area contributed by atoms with Crippen LogP contribution in [-0.4, -0.2) is 193 Å². The van der Waals surface area contributed by atoms with Gasteiger partial charge in [-0.2, -0.15) is 0 Å². The second-order valence-electron chi connectivity index (χ2n) is 29.2. The van der Waals surface area contributed by atoms with E-state index in [1.54, 1.807) is 6.08 Å². The van der Waals surface area contributed by atoms with E-state index in [1.165, 1.54) is 167 Å². The van der Waals surface area contributed by atoms with Crippen LogP contribution in [0.25, 0.3) is 0 Å². The van der Waals surface area contributed by atoms with Crippen LogP contribution in [0.4, 0.5) is 0 Å². The number of unbranched alkanes of at least 4 members (excludes halogenated alkanes) is 33. The monoisotopic (exact) mass is 1480 g/mol. The Morgan fingerprint density at radius 2 is 0.667 bits per heavy atom. The lowest BCUT2D eigenvalue weighted by molar-refractivity contribution is -0.379. The smallest absolute Gasteiger partial charge is 0.220 e. The van der Waals surface area contributed by atoms with Crippen molar-refractivity contribution >= 4 is 5.91 Å². The fourth-order valence-corrected chi connectivity index (χ4v) is 13.4. The van der Waals surface area contributed by atoms with Crippen molar-refractivity contribution in [2.75, 3.05) is 26.4 Å². The summed E-state index contributed by atoms with van der Waals surface area (Å²) in [7, 11) is 0. The van der Waals surface area contributed by atoms with Crippen molar-refractivity contribution in [2.45, 2.75) is 401 Å². The number of nitrogens with one attached hydrogen (secondary N) is 1. The zero-order chi connectivity index (χ0) is 76.0. The van der Waals surface area contributed by atoms with Crippen LogP contribution >= 0.6 is 0 Å². The van der Waals surface area contributed by atoms with Gasteiger partial charge in [0.25, 0.3) is 0 Å². The van der Waals surface area contributed by atoms with E-state index in [-0.39, 0.29) is 18.9 Å². The Morgan fingerprint density at radius 3 is 1.07 bits per heavy atom. The molecule has 3 aliphatic heterocycles. The molecule has 3 heterocycles. The van der Waals surface area contributed by atoms with Gasteiger partial charge in [-0.15, -0.1) is 0 Å². The number of hydrogen-bond donors (Lipinski definition) is 12. The Bertz CT molecular complexity index is 2320. The molecule has 3 rings (SSSR count). The fourth-order valence-electron chi connectivity index (χ4n) is 13.4.